The van der Waals surface area contributed by atoms with Crippen molar-refractivity contribution in [3.8, 4) is 28.2 Å². The Kier molecular flexibility index (Phi) is 6.60. The molecule has 2 N–H and O–H groups in total. The van der Waals surface area contributed by atoms with E-state index >= 15 is 0 Å². The number of amides is 2. The Morgan fingerprint density at radius 2 is 1.86 bits per heavy atom. The Morgan fingerprint density at radius 3 is 2.51 bits per heavy atom. The molecule has 2 heterocycles. The van der Waals surface area contributed by atoms with Crippen LogP contribution in [0.25, 0.3) is 28.2 Å². The zero-order valence-electron chi connectivity index (χ0n) is 20.9. The summed E-state index contributed by atoms with van der Waals surface area (Å²) in [5.74, 6) is -0.563. The third-order valence-corrected chi connectivity index (χ3v) is 6.81. The molecule has 0 bridgehead atoms. The van der Waals surface area contributed by atoms with E-state index in [0.29, 0.717) is 42.3 Å². The molecule has 9 heteroatoms. The fourth-order valence-corrected chi connectivity index (χ4v) is 4.60. The van der Waals surface area contributed by atoms with Gasteiger partial charge in [-0.1, -0.05) is 30.3 Å². The summed E-state index contributed by atoms with van der Waals surface area (Å²) in [6, 6.07) is 15.0. The molecule has 1 saturated carbocycles. The highest BCUT2D eigenvalue weighted by molar-refractivity contribution is 6.03. The molecule has 37 heavy (non-hydrogen) atoms. The van der Waals surface area contributed by atoms with Gasteiger partial charge in [0.25, 0.3) is 0 Å². The molecule has 5 rings (SSSR count). The highest BCUT2D eigenvalue weighted by Crippen LogP contribution is 2.37. The fraction of sp³-hybridized carbons (Fsp3) is 0.286. The van der Waals surface area contributed by atoms with Crippen LogP contribution in [0.4, 0.5) is 4.39 Å². The first kappa shape index (κ1) is 24.4. The summed E-state index contributed by atoms with van der Waals surface area (Å²) in [6.07, 6.45) is 7.14. The number of halogens is 1. The summed E-state index contributed by atoms with van der Waals surface area (Å²) in [5.41, 5.74) is 8.75. The SMILES string of the molecule is CN(C(=O)CCCc1cn(-c2ccccc2)c(-c2c(C(N)=O)cccc2-c2cnn(C)c2F)n1)C1CC1. The van der Waals surface area contributed by atoms with Crippen molar-refractivity contribution in [1.82, 2.24) is 24.2 Å². The first-order chi connectivity index (χ1) is 17.8. The number of para-hydroxylation sites is 1. The lowest BCUT2D eigenvalue weighted by atomic mass is 9.95. The minimum absolute atomic E-state index is 0.138. The van der Waals surface area contributed by atoms with Crippen LogP contribution >= 0.6 is 0 Å². The Balaban J connectivity index is 1.58. The van der Waals surface area contributed by atoms with Gasteiger partial charge in [0.15, 0.2) is 0 Å². The van der Waals surface area contributed by atoms with E-state index in [0.717, 1.165) is 28.9 Å². The molecule has 0 saturated heterocycles. The van der Waals surface area contributed by atoms with E-state index in [1.807, 2.05) is 53.0 Å². The van der Waals surface area contributed by atoms with E-state index in [4.69, 9.17) is 10.7 Å². The molecule has 2 amide bonds. The van der Waals surface area contributed by atoms with Gasteiger partial charge in [0, 0.05) is 44.0 Å². The molecule has 0 unspecified atom stereocenters. The Morgan fingerprint density at radius 1 is 1.11 bits per heavy atom. The number of aryl methyl sites for hydroxylation is 2. The molecule has 2 aromatic carbocycles. The van der Waals surface area contributed by atoms with Crippen LogP contribution < -0.4 is 5.73 Å². The molecule has 0 atom stereocenters. The maximum atomic E-state index is 15.0. The van der Waals surface area contributed by atoms with E-state index in [-0.39, 0.29) is 17.0 Å². The summed E-state index contributed by atoms with van der Waals surface area (Å²) in [7, 11) is 3.38. The van der Waals surface area contributed by atoms with Crippen molar-refractivity contribution in [3.63, 3.8) is 0 Å². The number of nitrogens with zero attached hydrogens (tertiary/aromatic N) is 5. The van der Waals surface area contributed by atoms with Crippen LogP contribution in [-0.2, 0) is 18.3 Å². The molecule has 0 radical (unpaired) electrons. The third-order valence-electron chi connectivity index (χ3n) is 6.81. The summed E-state index contributed by atoms with van der Waals surface area (Å²) < 4.78 is 18.0. The lowest BCUT2D eigenvalue weighted by molar-refractivity contribution is -0.130. The first-order valence-electron chi connectivity index (χ1n) is 12.4. The second-order valence-electron chi connectivity index (χ2n) is 9.42. The van der Waals surface area contributed by atoms with Crippen LogP contribution in [0.15, 0.2) is 60.9 Å². The summed E-state index contributed by atoms with van der Waals surface area (Å²) >= 11 is 0. The van der Waals surface area contributed by atoms with Crippen molar-refractivity contribution >= 4 is 11.8 Å². The number of carbonyl (C=O) groups excluding carboxylic acids is 2. The Hall–Kier alpha value is -4.27. The smallest absolute Gasteiger partial charge is 0.249 e. The summed E-state index contributed by atoms with van der Waals surface area (Å²) in [5, 5.41) is 4.04. The number of rotatable bonds is 9. The topological polar surface area (TPSA) is 99.0 Å². The lowest BCUT2D eigenvalue weighted by Gasteiger charge is -2.15. The van der Waals surface area contributed by atoms with Crippen LogP contribution in [0.1, 0.15) is 41.7 Å². The predicted molar refractivity (Wildman–Crippen MR) is 138 cm³/mol. The average molecular weight is 501 g/mol. The quantitative estimate of drug-likeness (QED) is 0.374. The maximum absolute atomic E-state index is 15.0. The summed E-state index contributed by atoms with van der Waals surface area (Å²) in [4.78, 5) is 31.7. The van der Waals surface area contributed by atoms with Crippen LogP contribution in [0.5, 0.6) is 0 Å². The number of benzene rings is 2. The Bertz CT molecular complexity index is 1450. The van der Waals surface area contributed by atoms with Crippen molar-refractivity contribution in [2.45, 2.75) is 38.1 Å². The molecule has 1 aliphatic carbocycles. The van der Waals surface area contributed by atoms with E-state index in [1.165, 1.54) is 13.2 Å². The molecular formula is C28H29FN6O2. The molecule has 0 aliphatic heterocycles. The van der Waals surface area contributed by atoms with Gasteiger partial charge in [0.2, 0.25) is 17.8 Å². The minimum Gasteiger partial charge on any atom is -0.366 e. The number of imidazole rings is 1. The van der Waals surface area contributed by atoms with Gasteiger partial charge in [0.1, 0.15) is 5.82 Å². The first-order valence-corrected chi connectivity index (χ1v) is 12.4. The predicted octanol–water partition coefficient (Wildman–Crippen LogP) is 4.12. The number of hydrogen-bond donors (Lipinski definition) is 1. The fourth-order valence-electron chi connectivity index (χ4n) is 4.60. The molecule has 1 fully saturated rings. The van der Waals surface area contributed by atoms with Crippen molar-refractivity contribution in [2.24, 2.45) is 12.8 Å². The monoisotopic (exact) mass is 500 g/mol. The normalized spacial score (nSPS) is 13.1. The minimum atomic E-state index is -0.640. The van der Waals surface area contributed by atoms with Crippen molar-refractivity contribution in [1.29, 1.82) is 0 Å². The van der Waals surface area contributed by atoms with Gasteiger partial charge in [-0.3, -0.25) is 14.2 Å². The van der Waals surface area contributed by atoms with Gasteiger partial charge in [-0.15, -0.1) is 0 Å². The molecule has 2 aromatic heterocycles. The highest BCUT2D eigenvalue weighted by atomic mass is 19.1. The standard InChI is InChI=1S/C28H29FN6O2/c1-33(19-14-15-19)24(36)13-6-8-18-17-35(20-9-4-3-5-10-20)28(32-18)25-21(11-7-12-22(25)27(30)37)23-16-31-34(2)26(23)29/h3-5,7,9-12,16-17,19H,6,8,13-15H2,1-2H3,(H2,30,37). The second-order valence-corrected chi connectivity index (χ2v) is 9.42. The molecule has 8 nitrogen and oxygen atoms in total. The summed E-state index contributed by atoms with van der Waals surface area (Å²) in [6.45, 7) is 0. The highest BCUT2D eigenvalue weighted by Gasteiger charge is 2.29. The molecule has 0 spiro atoms. The van der Waals surface area contributed by atoms with E-state index in [9.17, 15) is 14.0 Å². The van der Waals surface area contributed by atoms with Gasteiger partial charge < -0.3 is 10.6 Å². The van der Waals surface area contributed by atoms with Crippen LogP contribution in [-0.4, -0.2) is 49.1 Å². The van der Waals surface area contributed by atoms with Gasteiger partial charge in [-0.05, 0) is 49.4 Å². The van der Waals surface area contributed by atoms with Crippen molar-refractivity contribution in [3.05, 3.63) is 78.1 Å². The van der Waals surface area contributed by atoms with E-state index < -0.39 is 11.9 Å². The van der Waals surface area contributed by atoms with Crippen molar-refractivity contribution < 1.29 is 14.0 Å². The van der Waals surface area contributed by atoms with Crippen LogP contribution in [0, 0.1) is 5.95 Å². The third kappa shape index (κ3) is 4.89. The lowest BCUT2D eigenvalue weighted by Crippen LogP contribution is -2.28. The zero-order chi connectivity index (χ0) is 26.1. The average Bonchev–Trinajstić information content (AvgIpc) is 3.59. The number of primary amides is 1. The van der Waals surface area contributed by atoms with Crippen molar-refractivity contribution in [2.75, 3.05) is 7.05 Å². The van der Waals surface area contributed by atoms with E-state index in [1.54, 1.807) is 18.2 Å². The maximum Gasteiger partial charge on any atom is 0.249 e. The number of nitrogens with two attached hydrogens (primary N) is 1. The molecule has 1 aliphatic rings. The largest absolute Gasteiger partial charge is 0.366 e. The zero-order valence-corrected chi connectivity index (χ0v) is 20.9. The number of hydrogen-bond acceptors (Lipinski definition) is 4. The van der Waals surface area contributed by atoms with Gasteiger partial charge >= 0.3 is 0 Å². The molecule has 4 aromatic rings. The number of carbonyl (C=O) groups is 2. The van der Waals surface area contributed by atoms with E-state index in [2.05, 4.69) is 5.10 Å². The Labute approximate surface area is 214 Å². The molecular weight excluding hydrogens is 471 g/mol. The van der Waals surface area contributed by atoms with Gasteiger partial charge in [-0.25, -0.2) is 9.67 Å². The van der Waals surface area contributed by atoms with Crippen LogP contribution in [0.2, 0.25) is 0 Å². The number of aromatic nitrogens is 4. The van der Waals surface area contributed by atoms with Gasteiger partial charge in [-0.2, -0.15) is 9.49 Å². The second kappa shape index (κ2) is 10.0. The van der Waals surface area contributed by atoms with Crippen LogP contribution in [0.3, 0.4) is 0 Å². The van der Waals surface area contributed by atoms with Gasteiger partial charge in [0.05, 0.1) is 23.0 Å². The molecule has 190 valence electrons.